The van der Waals surface area contributed by atoms with Gasteiger partial charge in [-0.15, -0.1) is 0 Å². The molecule has 10 heteroatoms. The molecule has 0 spiro atoms. The van der Waals surface area contributed by atoms with Crippen LogP contribution in [0.25, 0.3) is 0 Å². The first-order valence-electron chi connectivity index (χ1n) is 29.6. The van der Waals surface area contributed by atoms with Gasteiger partial charge in [-0.2, -0.15) is 0 Å². The Morgan fingerprint density at radius 3 is 2.36 bits per heavy atom. The molecule has 2 aromatic carbocycles. The number of Topliss-reactive ketones (excluding diaryl/α,β-unsaturated/α-hetero) is 2. The van der Waals surface area contributed by atoms with Gasteiger partial charge in [0.2, 0.25) is 0 Å². The van der Waals surface area contributed by atoms with Gasteiger partial charge in [-0.05, 0) is 215 Å². The van der Waals surface area contributed by atoms with Crippen LogP contribution in [0.2, 0.25) is 0 Å². The van der Waals surface area contributed by atoms with Gasteiger partial charge in [0.25, 0.3) is 0 Å². The van der Waals surface area contributed by atoms with Crippen molar-refractivity contribution in [1.29, 1.82) is 0 Å². The lowest BCUT2D eigenvalue weighted by molar-refractivity contribution is -0.198. The van der Waals surface area contributed by atoms with Crippen molar-refractivity contribution in [3.63, 3.8) is 0 Å². The molecule has 2 saturated heterocycles. The van der Waals surface area contributed by atoms with E-state index in [1.54, 1.807) is 6.07 Å². The molecule has 5 saturated carbocycles. The second-order valence-corrected chi connectivity index (χ2v) is 28.1. The van der Waals surface area contributed by atoms with Crippen molar-refractivity contribution < 1.29 is 34.8 Å². The molecule has 0 bridgehead atoms. The molecule has 17 unspecified atom stereocenters. The molecule has 7 fully saturated rings. The standard InChI is InChI=1S/C64H95N3O7/c1-37(2)22-39-24-42(28-44(65)26-39)46-16-13-17-49(46)64(8)58(74-64)52(70)30-47(41-15-12-14-38(23-41)35-68)55-50-18-19-54-61(5)31-48(43-25-40(34-66-9)27-45(69)29-43)57(72)60(4)21-11-10-20-59(3,73)36-67-51(56(60)61)32-63(54,7)62(50,6)33-53(55)71/h24-29,37-38,41,46-49,51-52,54,56,58,66-70,73H,10-23,30-36,65H2,1-9H3. The van der Waals surface area contributed by atoms with Gasteiger partial charge >= 0.3 is 0 Å². The molecule has 0 radical (unpaired) electrons. The summed E-state index contributed by atoms with van der Waals surface area (Å²) in [6, 6.07) is 12.4. The summed E-state index contributed by atoms with van der Waals surface area (Å²) in [5, 5.41) is 53.6. The number of ether oxygens (including phenoxy) is 1. The number of hydrogen-bond acceptors (Lipinski definition) is 10. The zero-order valence-corrected chi connectivity index (χ0v) is 46.8. The monoisotopic (exact) mass is 1020 g/mol. The van der Waals surface area contributed by atoms with E-state index in [-0.39, 0.29) is 88.3 Å². The number of aliphatic hydroxyl groups is 3. The van der Waals surface area contributed by atoms with Crippen LogP contribution in [0, 0.1) is 63.1 Å². The summed E-state index contributed by atoms with van der Waals surface area (Å²) in [4.78, 5) is 31.1. The Kier molecular flexibility index (Phi) is 14.6. The number of carbonyl (C=O) groups excluding carboxylic acids is 2. The number of phenolic OH excluding ortho intramolecular Hbond substituents is 1. The number of epoxide rings is 1. The fraction of sp³-hybridized carbons (Fsp3) is 0.750. The largest absolute Gasteiger partial charge is 0.508 e. The Morgan fingerprint density at radius 2 is 1.62 bits per heavy atom. The first kappa shape index (κ1) is 54.2. The Bertz CT molecular complexity index is 2490. The predicted molar refractivity (Wildman–Crippen MR) is 293 cm³/mol. The predicted octanol–water partition coefficient (Wildman–Crippen LogP) is 10.9. The van der Waals surface area contributed by atoms with E-state index in [1.165, 1.54) is 16.7 Å². The second kappa shape index (κ2) is 20.0. The molecule has 2 heterocycles. The molecule has 10 nitrogen and oxygen atoms in total. The average Bonchev–Trinajstić information content (AvgIpc) is 3.63. The number of β-amino-alcohol motifs (C(OH)–C–C–N with tert-alkyl or cyclic N) is 1. The summed E-state index contributed by atoms with van der Waals surface area (Å²) in [5.74, 6) is 1.82. The maximum absolute atomic E-state index is 15.6. The third-order valence-electron chi connectivity index (χ3n) is 22.6. The van der Waals surface area contributed by atoms with Crippen LogP contribution in [0.1, 0.15) is 199 Å². The van der Waals surface area contributed by atoms with Crippen LogP contribution in [0.15, 0.2) is 47.5 Å². The number of aromatic hydroxyl groups is 1. The minimum Gasteiger partial charge on any atom is -0.508 e. The van der Waals surface area contributed by atoms with E-state index in [0.29, 0.717) is 50.6 Å². The number of carbonyl (C=O) groups is 2. The summed E-state index contributed by atoms with van der Waals surface area (Å²) < 4.78 is 6.80. The van der Waals surface area contributed by atoms with Gasteiger partial charge in [-0.1, -0.05) is 84.9 Å². The molecule has 2 aromatic rings. The molecule has 6 aliphatic carbocycles. The van der Waals surface area contributed by atoms with E-state index in [1.807, 2.05) is 20.0 Å². The van der Waals surface area contributed by atoms with Crippen molar-refractivity contribution in [3.05, 3.63) is 69.8 Å². The lowest BCUT2D eigenvalue weighted by Crippen LogP contribution is -2.70. The summed E-state index contributed by atoms with van der Waals surface area (Å²) >= 11 is 0. The smallest absolute Gasteiger partial charge is 0.160 e. The van der Waals surface area contributed by atoms with E-state index in [4.69, 9.17) is 10.5 Å². The third kappa shape index (κ3) is 9.29. The van der Waals surface area contributed by atoms with Gasteiger partial charge in [-0.25, -0.2) is 0 Å². The number of fused-ring (bicyclic) bond motifs is 4. The third-order valence-corrected chi connectivity index (χ3v) is 22.6. The van der Waals surface area contributed by atoms with Crippen molar-refractivity contribution in [2.24, 2.45) is 63.1 Å². The fourth-order valence-corrected chi connectivity index (χ4v) is 19.3. The molecular formula is C64H95N3O7. The second-order valence-electron chi connectivity index (χ2n) is 28.1. The van der Waals surface area contributed by atoms with E-state index in [2.05, 4.69) is 83.4 Å². The molecule has 0 aromatic heterocycles. The number of aliphatic hydroxyl groups excluding tert-OH is 2. The van der Waals surface area contributed by atoms with E-state index in [9.17, 15) is 20.4 Å². The number of nitrogen functional groups attached to an aromatic ring is 1. The van der Waals surface area contributed by atoms with Crippen LogP contribution in [0.4, 0.5) is 5.69 Å². The normalized spacial score (nSPS) is 42.1. The number of anilines is 1. The van der Waals surface area contributed by atoms with Crippen LogP contribution in [0.5, 0.6) is 5.75 Å². The first-order chi connectivity index (χ1) is 35.0. The molecular weight excluding hydrogens is 923 g/mol. The van der Waals surface area contributed by atoms with Gasteiger partial charge in [0.05, 0.1) is 17.3 Å². The number of nitrogens with two attached hydrogens (primary N) is 1. The first-order valence-corrected chi connectivity index (χ1v) is 29.6. The van der Waals surface area contributed by atoms with E-state index in [0.717, 1.165) is 112 Å². The summed E-state index contributed by atoms with van der Waals surface area (Å²) in [6.45, 7) is 19.5. The number of hydrogen-bond donors (Lipinski definition) is 7. The van der Waals surface area contributed by atoms with Gasteiger partial charge in [-0.3, -0.25) is 9.59 Å². The van der Waals surface area contributed by atoms with Crippen molar-refractivity contribution in [3.8, 4) is 5.75 Å². The quantitative estimate of drug-likeness (QED) is 0.0755. The zero-order chi connectivity index (χ0) is 52.9. The SMILES string of the molecule is CNCc1cc(O)cc(C2CC3(C)C4C(CC5(C)C3CCC3=C(C(CC(O)C6OC6(C)C6CCCC6c6cc(N)cc(CC(C)C)c6)C6CCCC(CO)C6)C(=O)CC35C)NCC(C)(O)CCCCC4(C)C2=O)c1. The van der Waals surface area contributed by atoms with Crippen LogP contribution >= 0.6 is 0 Å². The molecule has 8 aliphatic rings. The lowest BCUT2D eigenvalue weighted by Gasteiger charge is -2.71. The maximum atomic E-state index is 15.6. The van der Waals surface area contributed by atoms with Crippen LogP contribution in [0.3, 0.4) is 0 Å². The fourth-order valence-electron chi connectivity index (χ4n) is 19.3. The highest BCUT2D eigenvalue weighted by Gasteiger charge is 2.72. The van der Waals surface area contributed by atoms with E-state index < -0.39 is 28.1 Å². The van der Waals surface area contributed by atoms with Crippen LogP contribution < -0.4 is 16.4 Å². The van der Waals surface area contributed by atoms with E-state index >= 15 is 9.59 Å². The number of rotatable bonds is 13. The molecule has 8 N–H and O–H groups in total. The highest BCUT2D eigenvalue weighted by atomic mass is 16.6. The number of allylic oxidation sites excluding steroid dienone is 2. The molecule has 74 heavy (non-hydrogen) atoms. The number of phenols is 1. The highest BCUT2D eigenvalue weighted by molar-refractivity contribution is 6.01. The highest BCUT2D eigenvalue weighted by Crippen LogP contribution is 2.76. The zero-order valence-electron chi connectivity index (χ0n) is 46.8. The summed E-state index contributed by atoms with van der Waals surface area (Å²) in [6.07, 6.45) is 14.1. The van der Waals surface area contributed by atoms with Crippen molar-refractivity contribution in [1.82, 2.24) is 10.6 Å². The Balaban J connectivity index is 1.01. The maximum Gasteiger partial charge on any atom is 0.160 e. The summed E-state index contributed by atoms with van der Waals surface area (Å²) in [7, 11) is 1.90. The molecule has 17 atom stereocenters. The van der Waals surface area contributed by atoms with Gasteiger partial charge < -0.3 is 41.5 Å². The average molecular weight is 1020 g/mol. The molecule has 0 amide bonds. The molecule has 10 rings (SSSR count). The Hall–Kier alpha value is -3.12. The number of nitrogens with one attached hydrogen (secondary N) is 2. The van der Waals surface area contributed by atoms with Crippen LogP contribution in [-0.4, -0.2) is 81.6 Å². The minimum atomic E-state index is -0.889. The lowest BCUT2D eigenvalue weighted by atomic mass is 9.34. The summed E-state index contributed by atoms with van der Waals surface area (Å²) in [5.41, 5.74) is 10.9. The van der Waals surface area contributed by atoms with Crippen molar-refractivity contribution >= 4 is 17.3 Å². The Morgan fingerprint density at radius 1 is 0.878 bits per heavy atom. The van der Waals surface area contributed by atoms with Gasteiger partial charge in [0, 0.05) is 54.6 Å². The topological polar surface area (TPSA) is 178 Å². The Labute approximate surface area is 444 Å². The van der Waals surface area contributed by atoms with Gasteiger partial charge in [0.15, 0.2) is 5.78 Å². The minimum absolute atomic E-state index is 0.0136. The molecule has 408 valence electrons. The van der Waals surface area contributed by atoms with Crippen LogP contribution in [-0.2, 0) is 27.3 Å². The van der Waals surface area contributed by atoms with Crippen molar-refractivity contribution in [2.45, 2.75) is 219 Å². The number of benzene rings is 2. The number of ketones is 2. The van der Waals surface area contributed by atoms with Gasteiger partial charge in [0.1, 0.15) is 17.6 Å². The van der Waals surface area contributed by atoms with Crippen molar-refractivity contribution in [2.75, 3.05) is 25.9 Å². The molecule has 2 aliphatic heterocycles.